The Morgan fingerprint density at radius 1 is 1.22 bits per heavy atom. The molecule has 0 N–H and O–H groups in total. The van der Waals surface area contributed by atoms with Crippen LogP contribution in [-0.4, -0.2) is 53.4 Å². The van der Waals surface area contributed by atoms with Crippen LogP contribution in [0.15, 0.2) is 63.0 Å². The van der Waals surface area contributed by atoms with Gasteiger partial charge in [0.25, 0.3) is 5.56 Å². The fraction of sp³-hybridized carbons (Fsp3) is 0.345. The highest BCUT2D eigenvalue weighted by molar-refractivity contribution is 6.01. The lowest BCUT2D eigenvalue weighted by atomic mass is 9.83. The zero-order valence-electron chi connectivity index (χ0n) is 21.1. The number of hydrogen-bond donors (Lipinski definition) is 0. The molecule has 0 unspecified atom stereocenters. The van der Waals surface area contributed by atoms with Crippen molar-refractivity contribution < 1.29 is 4.79 Å². The molecule has 3 heterocycles. The van der Waals surface area contributed by atoms with E-state index in [1.165, 1.54) is 17.3 Å². The van der Waals surface area contributed by atoms with Crippen LogP contribution >= 0.6 is 0 Å². The molecule has 7 heteroatoms. The van der Waals surface area contributed by atoms with Gasteiger partial charge in [0.05, 0.1) is 34.2 Å². The van der Waals surface area contributed by atoms with E-state index in [4.69, 9.17) is 0 Å². The molecule has 0 atom stereocenters. The molecular weight excluding hydrogens is 450 g/mol. The first kappa shape index (κ1) is 24.0. The van der Waals surface area contributed by atoms with Gasteiger partial charge in [0.2, 0.25) is 0 Å². The van der Waals surface area contributed by atoms with Gasteiger partial charge in [0.15, 0.2) is 6.29 Å². The number of nitrogens with zero attached hydrogens (tertiary/aromatic N) is 5. The predicted octanol–water partition coefficient (Wildman–Crippen LogP) is 4.32. The molecule has 0 saturated carbocycles. The van der Waals surface area contributed by atoms with Crippen LogP contribution in [-0.2, 0) is 10.2 Å². The van der Waals surface area contributed by atoms with Gasteiger partial charge in [-0.3, -0.25) is 29.0 Å². The molecule has 0 radical (unpaired) electrons. The van der Waals surface area contributed by atoms with Crippen LogP contribution in [0.25, 0.3) is 16.6 Å². The van der Waals surface area contributed by atoms with Crippen LogP contribution in [0.1, 0.15) is 55.1 Å². The summed E-state index contributed by atoms with van der Waals surface area (Å²) < 4.78 is 2.20. The summed E-state index contributed by atoms with van der Waals surface area (Å²) >= 11 is 0. The summed E-state index contributed by atoms with van der Waals surface area (Å²) in [4.78, 5) is 38.8. The Balaban J connectivity index is 1.41. The molecule has 36 heavy (non-hydrogen) atoms. The molecule has 1 fully saturated rings. The van der Waals surface area contributed by atoms with Crippen LogP contribution in [0.2, 0.25) is 0 Å². The van der Waals surface area contributed by atoms with Crippen LogP contribution in [0.5, 0.6) is 0 Å². The van der Waals surface area contributed by atoms with E-state index in [1.54, 1.807) is 6.21 Å². The molecule has 7 nitrogen and oxygen atoms in total. The molecule has 3 aromatic rings. The first-order valence-electron chi connectivity index (χ1n) is 12.4. The molecule has 5 rings (SSSR count). The first-order chi connectivity index (χ1) is 17.3. The second kappa shape index (κ2) is 9.39. The fourth-order valence-electron chi connectivity index (χ4n) is 5.60. The lowest BCUT2D eigenvalue weighted by molar-refractivity contribution is -0.104. The average Bonchev–Trinajstić information content (AvgIpc) is 3.10. The van der Waals surface area contributed by atoms with Crippen molar-refractivity contribution in [2.24, 2.45) is 9.98 Å². The quantitative estimate of drug-likeness (QED) is 0.298. The lowest BCUT2D eigenvalue weighted by Gasteiger charge is -2.31. The van der Waals surface area contributed by atoms with Crippen molar-refractivity contribution in [3.63, 3.8) is 0 Å². The smallest absolute Gasteiger partial charge is 0.281 e. The van der Waals surface area contributed by atoms with E-state index in [0.717, 1.165) is 54.8 Å². The normalized spacial score (nSPS) is 17.9. The highest BCUT2D eigenvalue weighted by Crippen LogP contribution is 2.44. The van der Waals surface area contributed by atoms with E-state index in [0.29, 0.717) is 23.5 Å². The molecule has 2 aliphatic rings. The number of rotatable bonds is 6. The van der Waals surface area contributed by atoms with Gasteiger partial charge < -0.3 is 0 Å². The summed E-state index contributed by atoms with van der Waals surface area (Å²) in [5, 5.41) is 0.695. The molecule has 1 aromatic heterocycles. The number of piperidine rings is 1. The Bertz CT molecular complexity index is 1470. The van der Waals surface area contributed by atoms with Crippen LogP contribution in [0.3, 0.4) is 0 Å². The predicted molar refractivity (Wildman–Crippen MR) is 145 cm³/mol. The lowest BCUT2D eigenvalue weighted by Crippen LogP contribution is -2.33. The molecule has 0 bridgehead atoms. The number of aryl methyl sites for hydroxylation is 1. The number of aldehydes is 1. The molecule has 2 aliphatic heterocycles. The average molecular weight is 482 g/mol. The maximum atomic E-state index is 12.9. The summed E-state index contributed by atoms with van der Waals surface area (Å²) in [5.41, 5.74) is 5.46. The third-order valence-electron chi connectivity index (χ3n) is 7.58. The van der Waals surface area contributed by atoms with Gasteiger partial charge in [-0.05, 0) is 75.1 Å². The maximum Gasteiger partial charge on any atom is 0.281 e. The van der Waals surface area contributed by atoms with Crippen molar-refractivity contribution in [3.05, 3.63) is 81.0 Å². The van der Waals surface area contributed by atoms with Crippen molar-refractivity contribution in [1.29, 1.82) is 0 Å². The number of carbonyl (C=O) groups is 1. The van der Waals surface area contributed by atoms with Gasteiger partial charge in [-0.2, -0.15) is 4.98 Å². The number of carbonyl (C=O) groups excluding carboxylic acids is 1. The SMILES string of the molecule is C=N/C=C(C=O)\C=N/CN1CCC(c2ccc3c(c2)-n2c(nc(=O)c4c(C)cccc42)C3(C)C)CC1. The second-order valence-corrected chi connectivity index (χ2v) is 10.2. The summed E-state index contributed by atoms with van der Waals surface area (Å²) in [7, 11) is 0. The van der Waals surface area contributed by atoms with Crippen LogP contribution in [0.4, 0.5) is 0 Å². The van der Waals surface area contributed by atoms with Gasteiger partial charge in [-0.1, -0.05) is 24.3 Å². The van der Waals surface area contributed by atoms with Crippen molar-refractivity contribution in [2.45, 2.75) is 44.9 Å². The number of benzene rings is 2. The summed E-state index contributed by atoms with van der Waals surface area (Å²) in [6.07, 6.45) is 5.77. The first-order valence-corrected chi connectivity index (χ1v) is 12.4. The minimum Gasteiger partial charge on any atom is -0.298 e. The molecule has 0 amide bonds. The Kier molecular flexibility index (Phi) is 6.26. The minimum atomic E-state index is -0.345. The number of aliphatic imine (C=N–C) groups is 2. The summed E-state index contributed by atoms with van der Waals surface area (Å²) in [6.45, 7) is 12.1. The maximum absolute atomic E-state index is 12.9. The van der Waals surface area contributed by atoms with Crippen molar-refractivity contribution in [2.75, 3.05) is 19.8 Å². The fourth-order valence-corrected chi connectivity index (χ4v) is 5.60. The second-order valence-electron chi connectivity index (χ2n) is 10.2. The minimum absolute atomic E-state index is 0.151. The zero-order valence-corrected chi connectivity index (χ0v) is 21.1. The molecule has 0 aliphatic carbocycles. The topological polar surface area (TPSA) is 79.9 Å². The monoisotopic (exact) mass is 481 g/mol. The number of hydrogen-bond acceptors (Lipinski definition) is 6. The molecule has 0 spiro atoms. The Morgan fingerprint density at radius 3 is 2.72 bits per heavy atom. The third-order valence-corrected chi connectivity index (χ3v) is 7.58. The Labute approximate surface area is 210 Å². The Hall–Kier alpha value is -3.71. The third kappa shape index (κ3) is 4.03. The number of fused-ring (bicyclic) bond motifs is 5. The van der Waals surface area contributed by atoms with E-state index < -0.39 is 0 Å². The largest absolute Gasteiger partial charge is 0.298 e. The van der Waals surface area contributed by atoms with Crippen molar-refractivity contribution >= 4 is 30.1 Å². The van der Waals surface area contributed by atoms with E-state index in [2.05, 4.69) is 63.2 Å². The van der Waals surface area contributed by atoms with Gasteiger partial charge in [0.1, 0.15) is 5.82 Å². The zero-order chi connectivity index (χ0) is 25.4. The molecule has 1 saturated heterocycles. The number of allylic oxidation sites excluding steroid dienone is 1. The van der Waals surface area contributed by atoms with E-state index in [-0.39, 0.29) is 11.0 Å². The molecular formula is C29H31N5O2. The molecule has 184 valence electrons. The number of likely N-dealkylation sites (tertiary alicyclic amines) is 1. The van der Waals surface area contributed by atoms with Gasteiger partial charge in [-0.25, -0.2) is 0 Å². The van der Waals surface area contributed by atoms with Gasteiger partial charge in [0, 0.05) is 25.5 Å². The summed E-state index contributed by atoms with van der Waals surface area (Å²) in [5.74, 6) is 1.26. The summed E-state index contributed by atoms with van der Waals surface area (Å²) in [6, 6.07) is 12.8. The van der Waals surface area contributed by atoms with Gasteiger partial charge >= 0.3 is 0 Å². The standard InChI is InChI=1S/C29H31N5O2/c1-19-6-5-7-24-26(19)27(36)32-28-29(2,3)23-9-8-22(14-25(23)34(24)28)21-10-12-33(13-11-21)18-31-16-20(17-35)15-30-4/h5-9,14-17,21H,4,10-13,18H2,1-3H3/b20-15+,31-16-. The van der Waals surface area contributed by atoms with E-state index >= 15 is 0 Å². The Morgan fingerprint density at radius 2 is 2.00 bits per heavy atom. The number of aromatic nitrogens is 2. The van der Waals surface area contributed by atoms with Gasteiger partial charge in [-0.15, -0.1) is 0 Å². The van der Waals surface area contributed by atoms with E-state index in [9.17, 15) is 9.59 Å². The van der Waals surface area contributed by atoms with Crippen LogP contribution < -0.4 is 5.56 Å². The highest BCUT2D eigenvalue weighted by Gasteiger charge is 2.39. The molecule has 2 aromatic carbocycles. The van der Waals surface area contributed by atoms with E-state index in [1.807, 2.05) is 25.1 Å². The van der Waals surface area contributed by atoms with Crippen molar-refractivity contribution in [3.8, 4) is 5.69 Å². The van der Waals surface area contributed by atoms with Crippen molar-refractivity contribution in [1.82, 2.24) is 14.5 Å². The highest BCUT2D eigenvalue weighted by atomic mass is 16.1. The van der Waals surface area contributed by atoms with Crippen LogP contribution in [0, 0.1) is 6.92 Å².